The fourth-order valence-electron chi connectivity index (χ4n) is 12.0. The average molecular weight is 670 g/mol. The van der Waals surface area contributed by atoms with Gasteiger partial charge in [0.25, 0.3) is 0 Å². The van der Waals surface area contributed by atoms with Gasteiger partial charge in [-0.15, -0.1) is 0 Å². The summed E-state index contributed by atoms with van der Waals surface area (Å²) in [4.78, 5) is 51.9. The molecule has 0 aliphatic heterocycles. The van der Waals surface area contributed by atoms with Crippen molar-refractivity contribution in [2.45, 2.75) is 165 Å². The van der Waals surface area contributed by atoms with Crippen molar-refractivity contribution in [3.05, 3.63) is 11.1 Å². The third kappa shape index (κ3) is 5.63. The molecule has 48 heavy (non-hydrogen) atoms. The number of allylic oxidation sites excluding steroid dienone is 1. The Kier molecular flexibility index (Phi) is 8.90. The largest absolute Gasteiger partial charge is 0.481 e. The smallest absolute Gasteiger partial charge is 0.408 e. The highest BCUT2D eigenvalue weighted by molar-refractivity contribution is 5.92. The summed E-state index contributed by atoms with van der Waals surface area (Å²) in [6, 6.07) is 0. The highest BCUT2D eigenvalue weighted by Crippen LogP contribution is 2.75. The Hall–Kier alpha value is -2.38. The van der Waals surface area contributed by atoms with Crippen molar-refractivity contribution < 1.29 is 33.8 Å². The van der Waals surface area contributed by atoms with E-state index < -0.39 is 34.6 Å². The summed E-state index contributed by atoms with van der Waals surface area (Å²) in [6.45, 7) is 25.0. The molecule has 1 amide bonds. The van der Waals surface area contributed by atoms with E-state index in [4.69, 9.17) is 9.47 Å². The predicted molar refractivity (Wildman–Crippen MR) is 185 cm³/mol. The lowest BCUT2D eigenvalue weighted by atomic mass is 9.34. The third-order valence-corrected chi connectivity index (χ3v) is 14.5. The molecule has 8 heteroatoms. The summed E-state index contributed by atoms with van der Waals surface area (Å²) in [5, 5.41) is 12.9. The van der Waals surface area contributed by atoms with E-state index in [1.807, 2.05) is 20.8 Å². The Bertz CT molecular complexity index is 1400. The molecule has 5 aliphatic carbocycles. The summed E-state index contributed by atoms with van der Waals surface area (Å²) >= 11 is 0. The Morgan fingerprint density at radius 2 is 1.56 bits per heavy atom. The summed E-state index contributed by atoms with van der Waals surface area (Å²) in [6.07, 6.45) is 6.90. The normalized spacial score (nSPS) is 39.1. The topological polar surface area (TPSA) is 119 Å². The number of carbonyl (C=O) groups excluding carboxylic acids is 3. The molecule has 0 bridgehead atoms. The molecule has 1 unspecified atom stereocenters. The molecule has 5 rings (SSSR count). The van der Waals surface area contributed by atoms with Gasteiger partial charge in [0.15, 0.2) is 0 Å². The molecule has 0 aromatic rings. The second-order valence-corrected chi connectivity index (χ2v) is 19.6. The minimum atomic E-state index is -1.17. The van der Waals surface area contributed by atoms with E-state index in [9.17, 15) is 24.3 Å². The second kappa shape index (κ2) is 11.6. The van der Waals surface area contributed by atoms with Gasteiger partial charge in [0.05, 0.1) is 17.4 Å². The van der Waals surface area contributed by atoms with Crippen LogP contribution in [-0.4, -0.2) is 46.2 Å². The summed E-state index contributed by atoms with van der Waals surface area (Å²) < 4.78 is 11.9. The van der Waals surface area contributed by atoms with Gasteiger partial charge in [-0.25, -0.2) is 4.79 Å². The molecule has 5 aliphatic rings. The lowest BCUT2D eigenvalue weighted by Gasteiger charge is -2.70. The van der Waals surface area contributed by atoms with Gasteiger partial charge >= 0.3 is 18.0 Å². The van der Waals surface area contributed by atoms with Gasteiger partial charge < -0.3 is 19.9 Å². The van der Waals surface area contributed by atoms with Crippen LogP contribution in [0.5, 0.6) is 0 Å². The molecular formula is C40H63NO7. The number of nitrogens with one attached hydrogen (secondary N) is 1. The van der Waals surface area contributed by atoms with Crippen LogP contribution in [0, 0.1) is 50.7 Å². The van der Waals surface area contributed by atoms with Gasteiger partial charge in [-0.05, 0) is 126 Å². The zero-order chi connectivity index (χ0) is 36.0. The van der Waals surface area contributed by atoms with Crippen LogP contribution in [0.25, 0.3) is 0 Å². The first kappa shape index (κ1) is 36.9. The lowest BCUT2D eigenvalue weighted by molar-refractivity contribution is -0.214. The number of fused-ring (bicyclic) bond motifs is 6. The molecule has 0 spiro atoms. The summed E-state index contributed by atoms with van der Waals surface area (Å²) in [7, 11) is 0. The van der Waals surface area contributed by atoms with Crippen molar-refractivity contribution in [1.29, 1.82) is 0 Å². The van der Waals surface area contributed by atoms with Crippen LogP contribution in [0.4, 0.5) is 4.79 Å². The van der Waals surface area contributed by atoms with E-state index in [1.165, 1.54) is 11.1 Å². The number of carboxylic acid groups (broad SMARTS) is 1. The molecule has 8 nitrogen and oxygen atoms in total. The molecule has 0 saturated heterocycles. The number of carboxylic acids is 1. The fourth-order valence-corrected chi connectivity index (χ4v) is 12.0. The van der Waals surface area contributed by atoms with Crippen LogP contribution in [0.15, 0.2) is 11.1 Å². The van der Waals surface area contributed by atoms with Crippen molar-refractivity contribution in [2.75, 3.05) is 0 Å². The number of rotatable bonds is 6. The van der Waals surface area contributed by atoms with Crippen molar-refractivity contribution in [1.82, 2.24) is 5.32 Å². The SMILES string of the molecule is CC(C)C1C(=O)C[C@]2(NC(=O)OC(C)(C)C)CC[C@]3(C)C(=C12)CC[C@@H]1[C@@]2(C)CC[C@H](OC(=O)CC(C)(C)C(=O)O)C(C)(C)[C@@H]2CC[C@]13C. The molecule has 0 heterocycles. The maximum atomic E-state index is 13.8. The first-order chi connectivity index (χ1) is 21.8. The Balaban J connectivity index is 1.48. The monoisotopic (exact) mass is 669 g/mol. The number of Topliss-reactive ketones (excluding diaryl/α,β-unsaturated/α-hetero) is 1. The molecule has 4 saturated carbocycles. The Labute approximate surface area is 288 Å². The lowest BCUT2D eigenvalue weighted by Crippen LogP contribution is -2.65. The number of esters is 1. The van der Waals surface area contributed by atoms with Crippen molar-refractivity contribution in [3.8, 4) is 0 Å². The van der Waals surface area contributed by atoms with E-state index in [2.05, 4.69) is 53.8 Å². The van der Waals surface area contributed by atoms with Gasteiger partial charge in [0.2, 0.25) is 0 Å². The first-order valence-corrected chi connectivity index (χ1v) is 18.6. The van der Waals surface area contributed by atoms with Crippen LogP contribution >= 0.6 is 0 Å². The Morgan fingerprint density at radius 1 is 0.917 bits per heavy atom. The number of amides is 1. The van der Waals surface area contributed by atoms with Crippen LogP contribution in [0.2, 0.25) is 0 Å². The fraction of sp³-hybridized carbons (Fsp3) is 0.850. The molecule has 8 atom stereocenters. The van der Waals surface area contributed by atoms with Gasteiger partial charge in [-0.3, -0.25) is 14.4 Å². The zero-order valence-corrected chi connectivity index (χ0v) is 31.9. The van der Waals surface area contributed by atoms with Crippen molar-refractivity contribution >= 4 is 23.8 Å². The van der Waals surface area contributed by atoms with Crippen LogP contribution in [0.3, 0.4) is 0 Å². The van der Waals surface area contributed by atoms with E-state index in [0.29, 0.717) is 18.3 Å². The number of hydrogen-bond acceptors (Lipinski definition) is 6. The average Bonchev–Trinajstić information content (AvgIpc) is 3.21. The number of ether oxygens (including phenoxy) is 2. The van der Waals surface area contributed by atoms with Crippen LogP contribution < -0.4 is 5.32 Å². The number of alkyl carbamates (subject to hydrolysis) is 1. The number of carbonyl (C=O) groups is 4. The van der Waals surface area contributed by atoms with Gasteiger partial charge in [-0.2, -0.15) is 0 Å². The van der Waals surface area contributed by atoms with Crippen LogP contribution in [-0.2, 0) is 23.9 Å². The molecule has 4 fully saturated rings. The van der Waals surface area contributed by atoms with E-state index in [0.717, 1.165) is 51.4 Å². The maximum absolute atomic E-state index is 13.8. The summed E-state index contributed by atoms with van der Waals surface area (Å²) in [5.74, 6) is -0.433. The van der Waals surface area contributed by atoms with E-state index >= 15 is 0 Å². The number of hydrogen-bond donors (Lipinski definition) is 2. The van der Waals surface area contributed by atoms with Gasteiger partial charge in [0, 0.05) is 17.8 Å². The summed E-state index contributed by atoms with van der Waals surface area (Å²) in [5.41, 5.74) is -0.182. The van der Waals surface area contributed by atoms with Crippen molar-refractivity contribution in [3.63, 3.8) is 0 Å². The second-order valence-electron chi connectivity index (χ2n) is 19.6. The number of ketones is 1. The number of aliphatic carboxylic acids is 1. The van der Waals surface area contributed by atoms with Crippen molar-refractivity contribution in [2.24, 2.45) is 50.7 Å². The van der Waals surface area contributed by atoms with Crippen LogP contribution in [0.1, 0.15) is 147 Å². The first-order valence-electron chi connectivity index (χ1n) is 18.6. The highest BCUT2D eigenvalue weighted by atomic mass is 16.6. The highest BCUT2D eigenvalue weighted by Gasteiger charge is 2.69. The van der Waals surface area contributed by atoms with Gasteiger partial charge in [-0.1, -0.05) is 54.0 Å². The molecule has 270 valence electrons. The van der Waals surface area contributed by atoms with E-state index in [1.54, 1.807) is 13.8 Å². The third-order valence-electron chi connectivity index (χ3n) is 14.5. The Morgan fingerprint density at radius 3 is 2.15 bits per heavy atom. The quantitative estimate of drug-likeness (QED) is 0.215. The zero-order valence-electron chi connectivity index (χ0n) is 31.9. The maximum Gasteiger partial charge on any atom is 0.408 e. The minimum Gasteiger partial charge on any atom is -0.481 e. The minimum absolute atomic E-state index is 0.00911. The molecule has 0 aromatic heterocycles. The molecule has 0 radical (unpaired) electrons. The molecule has 0 aromatic carbocycles. The predicted octanol–water partition coefficient (Wildman–Crippen LogP) is 8.66. The standard InChI is InChI=1S/C40H63NO7/c1-23(2)30-25(42)21-40(41-33(46)48-34(3,4)5)20-19-38(11)24(31(30)40)13-14-27-37(10)17-16-28(47-29(43)22-35(6,7)32(44)45)36(8,9)26(37)15-18-39(27,38)12/h23,26-28,30H,13-22H2,1-12H3,(H,41,46)(H,44,45)/t26-,27+,28-,30?,37-,38+,39+,40+/m0/s1. The van der Waals surface area contributed by atoms with E-state index in [-0.39, 0.29) is 51.8 Å². The molecule has 2 N–H and O–H groups in total. The molecular weight excluding hydrogens is 606 g/mol. The van der Waals surface area contributed by atoms with Gasteiger partial charge in [0.1, 0.15) is 17.5 Å².